The summed E-state index contributed by atoms with van der Waals surface area (Å²) < 4.78 is 0. The molecule has 0 aromatic rings. The van der Waals surface area contributed by atoms with Crippen molar-refractivity contribution in [1.82, 2.24) is 0 Å². The summed E-state index contributed by atoms with van der Waals surface area (Å²) in [5, 5.41) is 2.76. The van der Waals surface area contributed by atoms with Gasteiger partial charge in [0.05, 0.1) is 4.87 Å². The molecule has 0 saturated carbocycles. The van der Waals surface area contributed by atoms with Crippen LogP contribution in [0.5, 0.6) is 0 Å². The quantitative estimate of drug-likeness (QED) is 0.390. The van der Waals surface area contributed by atoms with Gasteiger partial charge < -0.3 is 0 Å². The third-order valence-electron chi connectivity index (χ3n) is 2.26. The predicted octanol–water partition coefficient (Wildman–Crippen LogP) is 3.43. The third-order valence-corrected chi connectivity index (χ3v) is 4.41. The molecule has 0 nitrogen and oxygen atoms in total. The fraction of sp³-hybridized carbons (Fsp3) is 0.625. The average Bonchev–Trinajstić information content (AvgIpc) is 1.97. The minimum Gasteiger partial charge on any atom is -0.109 e. The lowest BCUT2D eigenvalue weighted by Crippen LogP contribution is -2.23. The first-order valence-corrected chi connectivity index (χ1v) is 4.66. The van der Waals surface area contributed by atoms with Crippen LogP contribution < -0.4 is 0 Å². The van der Waals surface area contributed by atoms with E-state index in [9.17, 15) is 0 Å². The molecular formula is C8H12ClP. The first-order chi connectivity index (χ1) is 4.46. The largest absolute Gasteiger partial charge is 0.109 e. The molecule has 0 saturated heterocycles. The third kappa shape index (κ3) is 1.04. The number of hydrogen-bond acceptors (Lipinski definition) is 0. The first kappa shape index (κ1) is 8.30. The molecule has 0 radical (unpaired) electrons. The topological polar surface area (TPSA) is 0 Å². The van der Waals surface area contributed by atoms with E-state index in [1.165, 1.54) is 24.4 Å². The van der Waals surface area contributed by atoms with E-state index >= 15 is 0 Å². The van der Waals surface area contributed by atoms with E-state index in [4.69, 9.17) is 11.6 Å². The van der Waals surface area contributed by atoms with Gasteiger partial charge in [0.25, 0.3) is 0 Å². The Balaban J connectivity index is 3.11. The van der Waals surface area contributed by atoms with Crippen LogP contribution in [0.2, 0.25) is 0 Å². The zero-order valence-corrected chi connectivity index (χ0v) is 8.48. The van der Waals surface area contributed by atoms with Crippen LogP contribution in [-0.4, -0.2) is 10.2 Å². The summed E-state index contributed by atoms with van der Waals surface area (Å²) in [5.41, 5.74) is 1.33. The Bertz CT molecular complexity index is 223. The standard InChI is InChI=1S/C8H12ClP/c1-5-6(2)10-7(3)8(5,4)9/h1-4H3. The van der Waals surface area contributed by atoms with Crippen LogP contribution in [0.1, 0.15) is 27.7 Å². The zero-order valence-electron chi connectivity index (χ0n) is 6.83. The summed E-state index contributed by atoms with van der Waals surface area (Å²) in [6.45, 7) is 8.46. The molecule has 1 aliphatic heterocycles. The summed E-state index contributed by atoms with van der Waals surface area (Å²) in [5.74, 6) is 0. The SMILES string of the molecule is CC1=PC(C)=C(C)C1(C)Cl. The molecule has 1 atom stereocenters. The van der Waals surface area contributed by atoms with Crippen LogP contribution >= 0.6 is 19.8 Å². The lowest BCUT2D eigenvalue weighted by atomic mass is 9.99. The van der Waals surface area contributed by atoms with E-state index in [0.717, 1.165) is 0 Å². The fourth-order valence-corrected chi connectivity index (χ4v) is 2.66. The molecule has 0 aliphatic carbocycles. The van der Waals surface area contributed by atoms with Crippen molar-refractivity contribution in [3.63, 3.8) is 0 Å². The molecule has 1 rings (SSSR count). The van der Waals surface area contributed by atoms with Crippen molar-refractivity contribution in [1.29, 1.82) is 0 Å². The molecule has 0 aromatic heterocycles. The normalized spacial score (nSPS) is 34.7. The van der Waals surface area contributed by atoms with Gasteiger partial charge in [-0.2, -0.15) is 0 Å². The predicted molar refractivity (Wildman–Crippen MR) is 50.2 cm³/mol. The van der Waals surface area contributed by atoms with Gasteiger partial charge in [-0.15, -0.1) is 11.6 Å². The molecule has 0 amide bonds. The second-order valence-electron chi connectivity index (χ2n) is 2.91. The molecule has 1 unspecified atom stereocenters. The number of rotatable bonds is 0. The molecule has 0 fully saturated rings. The lowest BCUT2D eigenvalue weighted by molar-refractivity contribution is 0.968. The van der Waals surface area contributed by atoms with E-state index in [0.29, 0.717) is 0 Å². The minimum atomic E-state index is -0.161. The first-order valence-electron chi connectivity index (χ1n) is 3.39. The monoisotopic (exact) mass is 174 g/mol. The van der Waals surface area contributed by atoms with Crippen molar-refractivity contribution in [2.45, 2.75) is 32.6 Å². The average molecular weight is 175 g/mol. The summed E-state index contributed by atoms with van der Waals surface area (Å²) in [6.07, 6.45) is 0. The van der Waals surface area contributed by atoms with Crippen LogP contribution in [0.25, 0.3) is 0 Å². The maximum absolute atomic E-state index is 6.26. The highest BCUT2D eigenvalue weighted by Gasteiger charge is 2.31. The van der Waals surface area contributed by atoms with Crippen LogP contribution in [0, 0.1) is 0 Å². The Hall–Kier alpha value is 0.200. The maximum atomic E-state index is 6.26. The molecule has 2 heteroatoms. The number of halogens is 1. The zero-order chi connectivity index (χ0) is 7.94. The fourth-order valence-electron chi connectivity index (χ4n) is 1.05. The van der Waals surface area contributed by atoms with Crippen molar-refractivity contribution in [2.24, 2.45) is 0 Å². The summed E-state index contributed by atoms with van der Waals surface area (Å²) in [7, 11) is 1.33. The van der Waals surface area contributed by atoms with E-state index < -0.39 is 0 Å². The minimum absolute atomic E-state index is 0.161. The van der Waals surface area contributed by atoms with Crippen molar-refractivity contribution >= 4 is 25.1 Å². The highest BCUT2D eigenvalue weighted by molar-refractivity contribution is 7.46. The van der Waals surface area contributed by atoms with Gasteiger partial charge in [0.2, 0.25) is 0 Å². The van der Waals surface area contributed by atoms with Gasteiger partial charge in [-0.1, -0.05) is 8.20 Å². The van der Waals surface area contributed by atoms with Crippen molar-refractivity contribution < 1.29 is 0 Å². The molecule has 10 heavy (non-hydrogen) atoms. The Morgan fingerprint density at radius 3 is 1.90 bits per heavy atom. The Morgan fingerprint density at radius 1 is 1.30 bits per heavy atom. The Kier molecular flexibility index (Phi) is 1.96. The molecule has 0 N–H and O–H groups in total. The summed E-state index contributed by atoms with van der Waals surface area (Å²) in [6, 6.07) is 0. The number of hydrogen-bond donors (Lipinski definition) is 0. The molecule has 56 valence electrons. The molecule has 0 aromatic carbocycles. The van der Waals surface area contributed by atoms with Gasteiger partial charge >= 0.3 is 0 Å². The molecular weight excluding hydrogens is 163 g/mol. The van der Waals surface area contributed by atoms with Crippen LogP contribution in [0.4, 0.5) is 0 Å². The van der Waals surface area contributed by atoms with Gasteiger partial charge in [0.15, 0.2) is 0 Å². The second-order valence-corrected chi connectivity index (χ2v) is 5.23. The van der Waals surface area contributed by atoms with E-state index in [1.54, 1.807) is 0 Å². The summed E-state index contributed by atoms with van der Waals surface area (Å²) in [4.78, 5) is -0.161. The van der Waals surface area contributed by atoms with Gasteiger partial charge in [-0.05, 0) is 43.9 Å². The Labute approximate surface area is 69.1 Å². The van der Waals surface area contributed by atoms with Crippen molar-refractivity contribution in [3.05, 3.63) is 10.9 Å². The highest BCUT2D eigenvalue weighted by atomic mass is 35.5. The maximum Gasteiger partial charge on any atom is 0.0884 e. The smallest absolute Gasteiger partial charge is 0.0884 e. The number of allylic oxidation sites excluding steroid dienone is 2. The van der Waals surface area contributed by atoms with Gasteiger partial charge in [0.1, 0.15) is 0 Å². The van der Waals surface area contributed by atoms with Crippen LogP contribution in [0.3, 0.4) is 0 Å². The molecule has 0 spiro atoms. The summed E-state index contributed by atoms with van der Waals surface area (Å²) >= 11 is 6.26. The number of alkyl halides is 1. The van der Waals surface area contributed by atoms with E-state index in [2.05, 4.69) is 27.7 Å². The highest BCUT2D eigenvalue weighted by Crippen LogP contribution is 2.41. The van der Waals surface area contributed by atoms with Crippen LogP contribution in [-0.2, 0) is 0 Å². The van der Waals surface area contributed by atoms with Gasteiger partial charge in [-0.3, -0.25) is 0 Å². The Morgan fingerprint density at radius 2 is 1.80 bits per heavy atom. The molecule has 1 heterocycles. The van der Waals surface area contributed by atoms with E-state index in [-0.39, 0.29) is 4.87 Å². The molecule has 1 aliphatic rings. The van der Waals surface area contributed by atoms with Crippen molar-refractivity contribution in [2.75, 3.05) is 0 Å². The van der Waals surface area contributed by atoms with Crippen LogP contribution in [0.15, 0.2) is 10.9 Å². The second kappa shape index (κ2) is 2.36. The molecule has 0 bridgehead atoms. The van der Waals surface area contributed by atoms with E-state index in [1.807, 2.05) is 0 Å². The van der Waals surface area contributed by atoms with Crippen molar-refractivity contribution in [3.8, 4) is 0 Å². The van der Waals surface area contributed by atoms with Gasteiger partial charge in [-0.25, -0.2) is 0 Å². The lowest BCUT2D eigenvalue weighted by Gasteiger charge is -2.18. The van der Waals surface area contributed by atoms with Gasteiger partial charge in [0, 0.05) is 0 Å².